The minimum atomic E-state index is -1.05. The van der Waals surface area contributed by atoms with Crippen molar-refractivity contribution in [3.8, 4) is 0 Å². The third-order valence-corrected chi connectivity index (χ3v) is 5.92. The monoisotopic (exact) mass is 311 g/mol. The molecule has 0 fully saturated rings. The van der Waals surface area contributed by atoms with Crippen molar-refractivity contribution in [1.29, 1.82) is 0 Å². The number of benzene rings is 1. The predicted octanol–water partition coefficient (Wildman–Crippen LogP) is 4.42. The average Bonchev–Trinajstić information content (AvgIpc) is 2.87. The lowest BCUT2D eigenvalue weighted by Crippen LogP contribution is -2.06. The van der Waals surface area contributed by atoms with Gasteiger partial charge < -0.3 is 0 Å². The first-order valence-electron chi connectivity index (χ1n) is 6.54. The second-order valence-corrected chi connectivity index (χ2v) is 7.70. The maximum Gasteiger partial charge on any atom is 0.123 e. The van der Waals surface area contributed by atoms with Crippen LogP contribution in [0.1, 0.15) is 48.2 Å². The van der Waals surface area contributed by atoms with Crippen LogP contribution in [0.3, 0.4) is 0 Å². The third-order valence-electron chi connectivity index (χ3n) is 3.09. The molecule has 1 heterocycles. The Morgan fingerprint density at radius 3 is 2.45 bits per heavy atom. The van der Waals surface area contributed by atoms with E-state index in [1.54, 1.807) is 23.5 Å². The lowest BCUT2D eigenvalue weighted by Gasteiger charge is -2.11. The van der Waals surface area contributed by atoms with E-state index >= 15 is 0 Å². The van der Waals surface area contributed by atoms with Gasteiger partial charge in [-0.2, -0.15) is 0 Å². The zero-order valence-corrected chi connectivity index (χ0v) is 13.4. The molecule has 0 amide bonds. The van der Waals surface area contributed by atoms with Gasteiger partial charge in [0, 0.05) is 22.1 Å². The Morgan fingerprint density at radius 2 is 1.90 bits per heavy atom. The summed E-state index contributed by atoms with van der Waals surface area (Å²) in [6, 6.07) is 6.20. The van der Waals surface area contributed by atoms with E-state index in [2.05, 4.69) is 18.8 Å². The smallest absolute Gasteiger partial charge is 0.123 e. The van der Waals surface area contributed by atoms with Gasteiger partial charge in [0.1, 0.15) is 5.82 Å². The highest BCUT2D eigenvalue weighted by atomic mass is 32.2. The molecule has 1 aromatic carbocycles. The summed E-state index contributed by atoms with van der Waals surface area (Å²) in [4.78, 5) is 4.51. The summed E-state index contributed by atoms with van der Waals surface area (Å²) >= 11 is 1.61. The number of nitrogens with zero attached hydrogens (tertiary/aromatic N) is 1. The molecule has 108 valence electrons. The molecule has 20 heavy (non-hydrogen) atoms. The SMILES string of the molecule is CC(C)c1nc(C[S@](=O)[C@H](C)c2ccc(F)cc2)cs1. The molecule has 0 aliphatic rings. The molecule has 0 saturated carbocycles. The van der Waals surface area contributed by atoms with Crippen molar-refractivity contribution < 1.29 is 8.60 Å². The predicted molar refractivity (Wildman–Crippen MR) is 82.9 cm³/mol. The van der Waals surface area contributed by atoms with E-state index in [1.165, 1.54) is 12.1 Å². The minimum absolute atomic E-state index is 0.125. The molecule has 2 nitrogen and oxygen atoms in total. The quantitative estimate of drug-likeness (QED) is 0.818. The molecule has 1 aromatic heterocycles. The number of aromatic nitrogens is 1. The Hall–Kier alpha value is -1.07. The molecule has 2 atom stereocenters. The molecule has 0 aliphatic carbocycles. The lowest BCUT2D eigenvalue weighted by molar-refractivity contribution is 0.626. The van der Waals surface area contributed by atoms with E-state index in [0.717, 1.165) is 16.3 Å². The van der Waals surface area contributed by atoms with Crippen molar-refractivity contribution in [2.75, 3.05) is 0 Å². The third kappa shape index (κ3) is 3.73. The van der Waals surface area contributed by atoms with Crippen LogP contribution < -0.4 is 0 Å². The molecule has 0 aliphatic heterocycles. The van der Waals surface area contributed by atoms with E-state index in [4.69, 9.17) is 0 Å². The second kappa shape index (κ2) is 6.59. The van der Waals surface area contributed by atoms with Crippen LogP contribution in [0.4, 0.5) is 4.39 Å². The van der Waals surface area contributed by atoms with E-state index in [-0.39, 0.29) is 11.1 Å². The van der Waals surface area contributed by atoms with Crippen LogP contribution in [0, 0.1) is 5.82 Å². The lowest BCUT2D eigenvalue weighted by atomic mass is 10.2. The highest BCUT2D eigenvalue weighted by Gasteiger charge is 2.16. The Balaban J connectivity index is 2.05. The van der Waals surface area contributed by atoms with Crippen LogP contribution in [0.2, 0.25) is 0 Å². The zero-order chi connectivity index (χ0) is 14.7. The summed E-state index contributed by atoms with van der Waals surface area (Å²) < 4.78 is 25.3. The van der Waals surface area contributed by atoms with Gasteiger partial charge in [-0.25, -0.2) is 9.37 Å². The van der Waals surface area contributed by atoms with Gasteiger partial charge in [0.15, 0.2) is 0 Å². The van der Waals surface area contributed by atoms with E-state index in [0.29, 0.717) is 11.7 Å². The maximum absolute atomic E-state index is 12.9. The van der Waals surface area contributed by atoms with Gasteiger partial charge in [-0.3, -0.25) is 4.21 Å². The number of hydrogen-bond donors (Lipinski definition) is 0. The molecular weight excluding hydrogens is 293 g/mol. The first kappa shape index (κ1) is 15.3. The van der Waals surface area contributed by atoms with Crippen molar-refractivity contribution in [3.05, 3.63) is 51.7 Å². The highest BCUT2D eigenvalue weighted by molar-refractivity contribution is 7.84. The van der Waals surface area contributed by atoms with Crippen LogP contribution in [0.5, 0.6) is 0 Å². The van der Waals surface area contributed by atoms with Gasteiger partial charge in [0.25, 0.3) is 0 Å². The Labute approximate surface area is 125 Å². The van der Waals surface area contributed by atoms with Crippen molar-refractivity contribution >= 4 is 22.1 Å². The van der Waals surface area contributed by atoms with Crippen molar-refractivity contribution in [2.24, 2.45) is 0 Å². The van der Waals surface area contributed by atoms with Gasteiger partial charge >= 0.3 is 0 Å². The van der Waals surface area contributed by atoms with E-state index in [1.807, 2.05) is 12.3 Å². The van der Waals surface area contributed by atoms with Crippen molar-refractivity contribution in [2.45, 2.75) is 37.7 Å². The number of rotatable bonds is 5. The summed E-state index contributed by atoms with van der Waals surface area (Å²) in [7, 11) is -1.05. The minimum Gasteiger partial charge on any atom is -0.259 e. The standard InChI is InChI=1S/C15H18FNOS2/c1-10(2)15-17-14(8-19-15)9-20(18)11(3)12-4-6-13(16)7-5-12/h4-8,10-11H,9H2,1-3H3/t11-,20+/m1/s1. The number of thiazole rings is 1. The highest BCUT2D eigenvalue weighted by Crippen LogP contribution is 2.24. The average molecular weight is 311 g/mol. The Morgan fingerprint density at radius 1 is 1.25 bits per heavy atom. The largest absolute Gasteiger partial charge is 0.259 e. The Bertz CT molecular complexity index is 592. The molecule has 2 rings (SSSR count). The summed E-state index contributed by atoms with van der Waals surface area (Å²) in [5.74, 6) is 0.575. The molecule has 0 unspecified atom stereocenters. The van der Waals surface area contributed by atoms with Gasteiger partial charge in [-0.15, -0.1) is 11.3 Å². The normalized spacial score (nSPS) is 14.4. The fourth-order valence-corrected chi connectivity index (χ4v) is 3.90. The number of halogens is 1. The van der Waals surface area contributed by atoms with E-state index in [9.17, 15) is 8.60 Å². The van der Waals surface area contributed by atoms with Gasteiger partial charge in [-0.1, -0.05) is 26.0 Å². The van der Waals surface area contributed by atoms with Gasteiger partial charge in [-0.05, 0) is 24.6 Å². The van der Waals surface area contributed by atoms with Crippen LogP contribution in [0.15, 0.2) is 29.6 Å². The van der Waals surface area contributed by atoms with Gasteiger partial charge in [0.05, 0.1) is 21.7 Å². The van der Waals surface area contributed by atoms with Crippen LogP contribution >= 0.6 is 11.3 Å². The maximum atomic E-state index is 12.9. The van der Waals surface area contributed by atoms with Crippen LogP contribution in [0.25, 0.3) is 0 Å². The van der Waals surface area contributed by atoms with Crippen LogP contribution in [-0.2, 0) is 16.6 Å². The molecule has 0 N–H and O–H groups in total. The first-order chi connectivity index (χ1) is 9.47. The number of hydrogen-bond acceptors (Lipinski definition) is 3. The molecule has 0 spiro atoms. The first-order valence-corrected chi connectivity index (χ1v) is 8.80. The second-order valence-electron chi connectivity index (χ2n) is 5.05. The fraction of sp³-hybridized carbons (Fsp3) is 0.400. The molecule has 0 bridgehead atoms. The Kier molecular flexibility index (Phi) is 5.05. The van der Waals surface area contributed by atoms with Crippen molar-refractivity contribution in [1.82, 2.24) is 4.98 Å². The molecule has 2 aromatic rings. The molecule has 0 radical (unpaired) electrons. The summed E-state index contributed by atoms with van der Waals surface area (Å²) in [6.07, 6.45) is 0. The van der Waals surface area contributed by atoms with Crippen molar-refractivity contribution in [3.63, 3.8) is 0 Å². The summed E-state index contributed by atoms with van der Waals surface area (Å²) in [5.41, 5.74) is 1.77. The molecule has 5 heteroatoms. The van der Waals surface area contributed by atoms with Crippen LogP contribution in [-0.4, -0.2) is 9.19 Å². The van der Waals surface area contributed by atoms with E-state index < -0.39 is 10.8 Å². The summed E-state index contributed by atoms with van der Waals surface area (Å²) in [6.45, 7) is 6.10. The van der Waals surface area contributed by atoms with Gasteiger partial charge in [0.2, 0.25) is 0 Å². The fourth-order valence-electron chi connectivity index (χ4n) is 1.81. The zero-order valence-electron chi connectivity index (χ0n) is 11.8. The summed E-state index contributed by atoms with van der Waals surface area (Å²) in [5, 5.41) is 2.93. The molecule has 0 saturated heterocycles. The molecular formula is C15H18FNOS2. The topological polar surface area (TPSA) is 30.0 Å².